The van der Waals surface area contributed by atoms with Gasteiger partial charge < -0.3 is 9.61 Å². The van der Waals surface area contributed by atoms with Crippen LogP contribution >= 0.6 is 0 Å². The molecule has 1 aliphatic rings. The van der Waals surface area contributed by atoms with Crippen LogP contribution in [0.3, 0.4) is 0 Å². The fourth-order valence-electron chi connectivity index (χ4n) is 2.91. The van der Waals surface area contributed by atoms with Crippen LogP contribution in [0.2, 0.25) is 0 Å². The molecule has 0 amide bonds. The van der Waals surface area contributed by atoms with Crippen LogP contribution in [-0.4, -0.2) is 31.5 Å². The summed E-state index contributed by atoms with van der Waals surface area (Å²) in [6, 6.07) is 8.50. The number of nitriles is 1. The summed E-state index contributed by atoms with van der Waals surface area (Å²) in [5.74, 6) is 0.965. The van der Waals surface area contributed by atoms with Gasteiger partial charge in [0.05, 0.1) is 17.8 Å². The van der Waals surface area contributed by atoms with Gasteiger partial charge in [0.1, 0.15) is 0 Å². The minimum Gasteiger partial charge on any atom is -0.339 e. The Morgan fingerprint density at radius 3 is 3.00 bits per heavy atom. The lowest BCUT2D eigenvalue weighted by Gasteiger charge is -2.16. The molecule has 0 bridgehead atoms. The zero-order valence-corrected chi connectivity index (χ0v) is 12.2. The Morgan fingerprint density at radius 1 is 1.55 bits per heavy atom. The fraction of sp³-hybridized carbons (Fsp3) is 0.500. The molecule has 1 aliphatic heterocycles. The molecule has 3 nitrogen and oxygen atoms in total. The Bertz CT molecular complexity index is 522. The van der Waals surface area contributed by atoms with Crippen LogP contribution in [0.5, 0.6) is 0 Å². The molecule has 0 spiro atoms. The second-order valence-corrected chi connectivity index (χ2v) is 5.90. The number of carbonyl (C=O) groups excluding carboxylic acids is 1. The summed E-state index contributed by atoms with van der Waals surface area (Å²) in [5.41, 5.74) is 3.22. The highest BCUT2D eigenvalue weighted by Gasteiger charge is 2.25. The maximum absolute atomic E-state index is 10.6. The summed E-state index contributed by atoms with van der Waals surface area (Å²) in [7, 11) is 1.60. The normalized spacial score (nSPS) is 19.0. The standard InChI is InChI=1S/C16H20BN2O/c1-12(2)7-13-3-4-14(9-18)16(8-13)15-5-6-19(10-15)17-11-20/h3-4,8,11-12,15H,5-7,10H2,1-2H3. The average Bonchev–Trinajstić information content (AvgIpc) is 2.87. The van der Waals surface area contributed by atoms with E-state index in [1.54, 1.807) is 7.41 Å². The zero-order valence-electron chi connectivity index (χ0n) is 12.2. The van der Waals surface area contributed by atoms with Gasteiger partial charge in [-0.3, -0.25) is 0 Å². The highest BCUT2D eigenvalue weighted by atomic mass is 16.1. The van der Waals surface area contributed by atoms with Crippen LogP contribution in [0.1, 0.15) is 42.9 Å². The molecule has 1 saturated heterocycles. The quantitative estimate of drug-likeness (QED) is 0.607. The molecule has 1 aromatic carbocycles. The molecule has 0 N–H and O–H groups in total. The van der Waals surface area contributed by atoms with Gasteiger partial charge in [-0.2, -0.15) is 5.26 Å². The van der Waals surface area contributed by atoms with E-state index in [1.807, 2.05) is 10.9 Å². The first-order valence-electron chi connectivity index (χ1n) is 7.19. The zero-order chi connectivity index (χ0) is 14.5. The van der Waals surface area contributed by atoms with Crippen molar-refractivity contribution in [2.24, 2.45) is 5.92 Å². The van der Waals surface area contributed by atoms with E-state index in [9.17, 15) is 10.1 Å². The van der Waals surface area contributed by atoms with Crippen molar-refractivity contribution >= 4 is 13.6 Å². The van der Waals surface area contributed by atoms with E-state index in [-0.39, 0.29) is 0 Å². The number of rotatable bonds is 5. The minimum atomic E-state index is 0.355. The summed E-state index contributed by atoms with van der Waals surface area (Å²) >= 11 is 0. The predicted octanol–water partition coefficient (Wildman–Crippen LogP) is 2.36. The van der Waals surface area contributed by atoms with Crippen molar-refractivity contribution < 1.29 is 4.79 Å². The van der Waals surface area contributed by atoms with Crippen LogP contribution in [-0.2, 0) is 11.2 Å². The van der Waals surface area contributed by atoms with Crippen molar-refractivity contribution in [1.29, 1.82) is 5.26 Å². The van der Waals surface area contributed by atoms with Crippen LogP contribution in [0.4, 0.5) is 0 Å². The third-order valence-corrected chi connectivity index (χ3v) is 3.81. The van der Waals surface area contributed by atoms with Crippen LogP contribution in [0.25, 0.3) is 0 Å². The summed E-state index contributed by atoms with van der Waals surface area (Å²) in [4.78, 5) is 12.6. The Morgan fingerprint density at radius 2 is 2.35 bits per heavy atom. The van der Waals surface area contributed by atoms with Crippen molar-refractivity contribution in [3.63, 3.8) is 0 Å². The van der Waals surface area contributed by atoms with Crippen LogP contribution in [0.15, 0.2) is 18.2 Å². The fourth-order valence-corrected chi connectivity index (χ4v) is 2.91. The molecule has 1 atom stereocenters. The van der Waals surface area contributed by atoms with Crippen molar-refractivity contribution in [1.82, 2.24) is 4.81 Å². The predicted molar refractivity (Wildman–Crippen MR) is 81.1 cm³/mol. The van der Waals surface area contributed by atoms with E-state index in [0.717, 1.165) is 43.2 Å². The van der Waals surface area contributed by atoms with Gasteiger partial charge in [0.2, 0.25) is 0 Å². The molecular formula is C16H20BN2O. The maximum Gasteiger partial charge on any atom is 0.293 e. The summed E-state index contributed by atoms with van der Waals surface area (Å²) in [6.45, 7) is 6.13. The average molecular weight is 267 g/mol. The SMILES string of the molecule is CC(C)Cc1ccc(C#N)c(C2CCN([B]C=O)C2)c1. The number of hydrogen-bond acceptors (Lipinski definition) is 3. The topological polar surface area (TPSA) is 44.1 Å². The highest BCUT2D eigenvalue weighted by molar-refractivity contribution is 6.64. The first-order valence-corrected chi connectivity index (χ1v) is 7.19. The molecular weight excluding hydrogens is 247 g/mol. The Hall–Kier alpha value is -1.60. The third-order valence-electron chi connectivity index (χ3n) is 3.81. The number of hydrogen-bond donors (Lipinski definition) is 0. The highest BCUT2D eigenvalue weighted by Crippen LogP contribution is 2.30. The van der Waals surface area contributed by atoms with Gasteiger partial charge in [-0.25, -0.2) is 0 Å². The molecule has 1 unspecified atom stereocenters. The van der Waals surface area contributed by atoms with Crippen molar-refractivity contribution in [3.8, 4) is 6.07 Å². The van der Waals surface area contributed by atoms with Gasteiger partial charge in [0.25, 0.3) is 7.41 Å². The molecule has 0 aliphatic carbocycles. The second kappa shape index (κ2) is 6.72. The van der Waals surface area contributed by atoms with Gasteiger partial charge in [-0.15, -0.1) is 0 Å². The van der Waals surface area contributed by atoms with Crippen molar-refractivity contribution in [3.05, 3.63) is 34.9 Å². The van der Waals surface area contributed by atoms with Crippen molar-refractivity contribution in [2.45, 2.75) is 32.6 Å². The smallest absolute Gasteiger partial charge is 0.293 e. The molecule has 1 aromatic rings. The van der Waals surface area contributed by atoms with E-state index in [2.05, 4.69) is 32.0 Å². The van der Waals surface area contributed by atoms with Crippen LogP contribution < -0.4 is 0 Å². The van der Waals surface area contributed by atoms with E-state index < -0.39 is 0 Å². The van der Waals surface area contributed by atoms with Gasteiger partial charge in [0.15, 0.2) is 0 Å². The summed E-state index contributed by atoms with van der Waals surface area (Å²) in [5, 5.41) is 9.29. The Kier molecular flexibility index (Phi) is 4.97. The number of benzene rings is 1. The number of nitrogens with zero attached hydrogens (tertiary/aromatic N) is 2. The molecule has 1 fully saturated rings. The largest absolute Gasteiger partial charge is 0.339 e. The molecule has 0 saturated carbocycles. The molecule has 1 heterocycles. The van der Waals surface area contributed by atoms with Gasteiger partial charge in [0, 0.05) is 0 Å². The van der Waals surface area contributed by atoms with Gasteiger partial charge in [-0.1, -0.05) is 26.0 Å². The molecule has 1 radical (unpaired) electrons. The minimum absolute atomic E-state index is 0.355. The van der Waals surface area contributed by atoms with Crippen LogP contribution in [0, 0.1) is 17.2 Å². The monoisotopic (exact) mass is 267 g/mol. The molecule has 0 aromatic heterocycles. The lowest BCUT2D eigenvalue weighted by atomic mass is 9.89. The van der Waals surface area contributed by atoms with E-state index >= 15 is 0 Å². The molecule has 20 heavy (non-hydrogen) atoms. The van der Waals surface area contributed by atoms with Crippen molar-refractivity contribution in [2.75, 3.05) is 13.1 Å². The van der Waals surface area contributed by atoms with E-state index in [4.69, 9.17) is 0 Å². The molecule has 4 heteroatoms. The lowest BCUT2D eigenvalue weighted by Crippen LogP contribution is -2.26. The summed E-state index contributed by atoms with van der Waals surface area (Å²) < 4.78 is 0. The number of carbonyl (C=O) groups is 1. The van der Waals surface area contributed by atoms with Gasteiger partial charge in [-0.05, 0) is 55.0 Å². The first kappa shape index (κ1) is 14.8. The maximum atomic E-state index is 10.6. The molecule has 103 valence electrons. The molecule has 2 rings (SSSR count). The Labute approximate surface area is 121 Å². The second-order valence-electron chi connectivity index (χ2n) is 5.90. The lowest BCUT2D eigenvalue weighted by molar-refractivity contribution is 0.533. The van der Waals surface area contributed by atoms with Gasteiger partial charge >= 0.3 is 0 Å². The summed E-state index contributed by atoms with van der Waals surface area (Å²) in [6.07, 6.45) is 2.88. The Balaban J connectivity index is 2.21. The first-order chi connectivity index (χ1) is 9.63. The van der Waals surface area contributed by atoms with E-state index in [0.29, 0.717) is 11.8 Å². The van der Waals surface area contributed by atoms with E-state index in [1.165, 1.54) is 5.56 Å². The third kappa shape index (κ3) is 3.49.